The maximum Gasteiger partial charge on any atom is 0.342 e. The number of esters is 1. The number of hydrogen-bond acceptors (Lipinski definition) is 5. The second-order valence-corrected chi connectivity index (χ2v) is 5.95. The van der Waals surface area contributed by atoms with E-state index in [1.165, 1.54) is 26.2 Å². The van der Waals surface area contributed by atoms with Crippen LogP contribution in [0, 0.1) is 18.3 Å². The van der Waals surface area contributed by atoms with E-state index in [9.17, 15) is 9.59 Å². The van der Waals surface area contributed by atoms with E-state index in [0.29, 0.717) is 17.0 Å². The maximum absolute atomic E-state index is 12.3. The summed E-state index contributed by atoms with van der Waals surface area (Å²) in [6, 6.07) is 11.5. The van der Waals surface area contributed by atoms with Gasteiger partial charge in [-0.1, -0.05) is 23.2 Å². The molecule has 0 spiro atoms. The minimum atomic E-state index is -1.04. The highest BCUT2D eigenvalue weighted by atomic mass is 35.5. The minimum absolute atomic E-state index is 0.222. The van der Waals surface area contributed by atoms with E-state index >= 15 is 0 Å². The molecule has 7 heteroatoms. The smallest absolute Gasteiger partial charge is 0.342 e. The van der Waals surface area contributed by atoms with E-state index in [1.807, 2.05) is 13.0 Å². The predicted molar refractivity (Wildman–Crippen MR) is 97.4 cm³/mol. The summed E-state index contributed by atoms with van der Waals surface area (Å²) in [6.07, 6.45) is -1.04. The summed E-state index contributed by atoms with van der Waals surface area (Å²) in [5.74, 6) is -0.816. The summed E-state index contributed by atoms with van der Waals surface area (Å²) in [4.78, 5) is 24.6. The second kappa shape index (κ2) is 8.37. The molecule has 2 aromatic carbocycles. The SMILES string of the molecule is COc1ccc(C)cc1C(=O)O[C@@H](C)C(=O)Nc1ccc(C#N)c(Cl)c1. The van der Waals surface area contributed by atoms with Gasteiger partial charge in [-0.2, -0.15) is 5.26 Å². The lowest BCUT2D eigenvalue weighted by Crippen LogP contribution is -2.30. The summed E-state index contributed by atoms with van der Waals surface area (Å²) in [6.45, 7) is 3.29. The number of nitrogens with one attached hydrogen (secondary N) is 1. The van der Waals surface area contributed by atoms with Gasteiger partial charge in [-0.15, -0.1) is 0 Å². The number of rotatable bonds is 5. The highest BCUT2D eigenvalue weighted by Crippen LogP contribution is 2.22. The molecule has 26 heavy (non-hydrogen) atoms. The first-order valence-corrected chi connectivity index (χ1v) is 8.09. The number of methoxy groups -OCH3 is 1. The van der Waals surface area contributed by atoms with E-state index in [-0.39, 0.29) is 10.6 Å². The van der Waals surface area contributed by atoms with Crippen molar-refractivity contribution in [3.8, 4) is 11.8 Å². The summed E-state index contributed by atoms with van der Waals surface area (Å²) in [5.41, 5.74) is 1.81. The molecule has 0 unspecified atom stereocenters. The Kier molecular flexibility index (Phi) is 6.21. The molecule has 1 atom stereocenters. The van der Waals surface area contributed by atoms with Crippen molar-refractivity contribution < 1.29 is 19.1 Å². The van der Waals surface area contributed by atoms with Crippen LogP contribution < -0.4 is 10.1 Å². The molecule has 134 valence electrons. The van der Waals surface area contributed by atoms with E-state index in [2.05, 4.69) is 5.32 Å². The third-order valence-electron chi connectivity index (χ3n) is 3.59. The first kappa shape index (κ1) is 19.3. The van der Waals surface area contributed by atoms with E-state index in [0.717, 1.165) is 5.56 Å². The molecule has 0 radical (unpaired) electrons. The summed E-state index contributed by atoms with van der Waals surface area (Å²) >= 11 is 5.93. The van der Waals surface area contributed by atoms with Crippen LogP contribution in [0.1, 0.15) is 28.4 Å². The van der Waals surface area contributed by atoms with Crippen LogP contribution in [0.4, 0.5) is 5.69 Å². The van der Waals surface area contributed by atoms with Crippen molar-refractivity contribution in [1.82, 2.24) is 0 Å². The lowest BCUT2D eigenvalue weighted by Gasteiger charge is -2.15. The van der Waals surface area contributed by atoms with Crippen LogP contribution in [-0.4, -0.2) is 25.1 Å². The van der Waals surface area contributed by atoms with Crippen LogP contribution in [0.3, 0.4) is 0 Å². The maximum atomic E-state index is 12.3. The summed E-state index contributed by atoms with van der Waals surface area (Å²) < 4.78 is 10.4. The Morgan fingerprint density at radius 1 is 1.23 bits per heavy atom. The normalized spacial score (nSPS) is 11.2. The van der Waals surface area contributed by atoms with Crippen molar-refractivity contribution in [1.29, 1.82) is 5.26 Å². The van der Waals surface area contributed by atoms with Crippen LogP contribution in [0.2, 0.25) is 5.02 Å². The Morgan fingerprint density at radius 3 is 2.58 bits per heavy atom. The highest BCUT2D eigenvalue weighted by molar-refractivity contribution is 6.32. The van der Waals surface area contributed by atoms with Gasteiger partial charge in [0, 0.05) is 5.69 Å². The Hall–Kier alpha value is -3.04. The number of nitrogens with zero attached hydrogens (tertiary/aromatic N) is 1. The van der Waals surface area contributed by atoms with Crippen molar-refractivity contribution in [3.05, 3.63) is 58.1 Å². The fourth-order valence-electron chi connectivity index (χ4n) is 2.19. The number of amides is 1. The van der Waals surface area contributed by atoms with Gasteiger partial charge in [0.05, 0.1) is 17.7 Å². The van der Waals surface area contributed by atoms with Crippen LogP contribution in [0.15, 0.2) is 36.4 Å². The van der Waals surface area contributed by atoms with Gasteiger partial charge in [-0.05, 0) is 44.2 Å². The molecule has 2 rings (SSSR count). The molecule has 1 N–H and O–H groups in total. The molecule has 0 heterocycles. The molecule has 2 aromatic rings. The van der Waals surface area contributed by atoms with Gasteiger partial charge >= 0.3 is 5.97 Å². The Labute approximate surface area is 156 Å². The topological polar surface area (TPSA) is 88.4 Å². The zero-order valence-corrected chi connectivity index (χ0v) is 15.3. The average Bonchev–Trinajstić information content (AvgIpc) is 2.61. The third-order valence-corrected chi connectivity index (χ3v) is 3.90. The molecule has 0 aromatic heterocycles. The predicted octanol–water partition coefficient (Wildman–Crippen LogP) is 3.71. The zero-order valence-electron chi connectivity index (χ0n) is 14.5. The zero-order chi connectivity index (χ0) is 19.3. The second-order valence-electron chi connectivity index (χ2n) is 5.55. The number of halogens is 1. The van der Waals surface area contributed by atoms with Gasteiger partial charge in [0.1, 0.15) is 17.4 Å². The molecule has 1 amide bonds. The number of nitriles is 1. The van der Waals surface area contributed by atoms with Gasteiger partial charge < -0.3 is 14.8 Å². The third kappa shape index (κ3) is 4.52. The Bertz CT molecular complexity index is 890. The number of ether oxygens (including phenoxy) is 2. The number of anilines is 1. The van der Waals surface area contributed by atoms with Gasteiger partial charge in [0.25, 0.3) is 5.91 Å². The van der Waals surface area contributed by atoms with E-state index in [4.69, 9.17) is 26.3 Å². The van der Waals surface area contributed by atoms with Crippen molar-refractivity contribution >= 4 is 29.2 Å². The monoisotopic (exact) mass is 372 g/mol. The number of aryl methyl sites for hydroxylation is 1. The molecule has 6 nitrogen and oxygen atoms in total. The number of benzene rings is 2. The number of hydrogen-bond donors (Lipinski definition) is 1. The molecule has 0 aliphatic rings. The largest absolute Gasteiger partial charge is 0.496 e. The van der Waals surface area contributed by atoms with Crippen LogP contribution >= 0.6 is 11.6 Å². The fourth-order valence-corrected chi connectivity index (χ4v) is 2.41. The molecule has 0 bridgehead atoms. The molecule has 0 aliphatic carbocycles. The average molecular weight is 373 g/mol. The first-order valence-electron chi connectivity index (χ1n) is 7.72. The van der Waals surface area contributed by atoms with Crippen molar-refractivity contribution in [2.24, 2.45) is 0 Å². The number of carbonyl (C=O) groups is 2. The highest BCUT2D eigenvalue weighted by Gasteiger charge is 2.21. The van der Waals surface area contributed by atoms with Crippen molar-refractivity contribution in [3.63, 3.8) is 0 Å². The first-order chi connectivity index (χ1) is 12.3. The van der Waals surface area contributed by atoms with Gasteiger partial charge in [0.2, 0.25) is 0 Å². The van der Waals surface area contributed by atoms with Crippen molar-refractivity contribution in [2.75, 3.05) is 12.4 Å². The van der Waals surface area contributed by atoms with Crippen LogP contribution in [0.25, 0.3) is 0 Å². The standard InChI is InChI=1S/C19H17ClN2O4/c1-11-4-7-17(25-3)15(8-11)19(24)26-12(2)18(23)22-14-6-5-13(10-21)16(20)9-14/h4-9,12H,1-3H3,(H,22,23)/t12-/m0/s1. The molecular formula is C19H17ClN2O4. The van der Waals surface area contributed by atoms with Crippen LogP contribution in [-0.2, 0) is 9.53 Å². The molecule has 0 saturated carbocycles. The minimum Gasteiger partial charge on any atom is -0.496 e. The summed E-state index contributed by atoms with van der Waals surface area (Å²) in [7, 11) is 1.45. The Balaban J connectivity index is 2.07. The molecular weight excluding hydrogens is 356 g/mol. The summed E-state index contributed by atoms with van der Waals surface area (Å²) in [5, 5.41) is 11.7. The van der Waals surface area contributed by atoms with Gasteiger partial charge in [-0.25, -0.2) is 4.79 Å². The molecule has 0 saturated heterocycles. The molecule has 0 fully saturated rings. The van der Waals surface area contributed by atoms with Crippen LogP contribution in [0.5, 0.6) is 5.75 Å². The quantitative estimate of drug-likeness (QED) is 0.808. The van der Waals surface area contributed by atoms with E-state index in [1.54, 1.807) is 24.3 Å². The molecule has 0 aliphatic heterocycles. The van der Waals surface area contributed by atoms with Crippen molar-refractivity contribution in [2.45, 2.75) is 20.0 Å². The lowest BCUT2D eigenvalue weighted by molar-refractivity contribution is -0.123. The van der Waals surface area contributed by atoms with Gasteiger partial charge in [-0.3, -0.25) is 4.79 Å². The lowest BCUT2D eigenvalue weighted by atomic mass is 10.1. The van der Waals surface area contributed by atoms with E-state index < -0.39 is 18.0 Å². The number of carbonyl (C=O) groups excluding carboxylic acids is 2. The fraction of sp³-hybridized carbons (Fsp3) is 0.211. The Morgan fingerprint density at radius 2 is 1.96 bits per heavy atom. The van der Waals surface area contributed by atoms with Gasteiger partial charge in [0.15, 0.2) is 6.10 Å².